The predicted molar refractivity (Wildman–Crippen MR) is 105 cm³/mol. The molecule has 0 aromatic heterocycles. The van der Waals surface area contributed by atoms with E-state index in [1.165, 1.54) is 12.8 Å². The highest BCUT2D eigenvalue weighted by Gasteiger charge is 2.29. The van der Waals surface area contributed by atoms with E-state index in [9.17, 15) is 9.59 Å². The Morgan fingerprint density at radius 2 is 1.85 bits per heavy atom. The average molecular weight is 380 g/mol. The Hall–Kier alpha value is -1.59. The van der Waals surface area contributed by atoms with Gasteiger partial charge in [0.15, 0.2) is 0 Å². The quantitative estimate of drug-likeness (QED) is 0.755. The SMILES string of the molecule is CCC(C)C(NC(=O)c1ccc(Cl)cc1)C(=O)N(C)CCN1CCCC1. The third kappa shape index (κ3) is 5.71. The fourth-order valence-corrected chi connectivity index (χ4v) is 3.28. The molecule has 1 aliphatic heterocycles. The van der Waals surface area contributed by atoms with Crippen LogP contribution in [0.3, 0.4) is 0 Å². The fourth-order valence-electron chi connectivity index (χ4n) is 3.15. The summed E-state index contributed by atoms with van der Waals surface area (Å²) in [7, 11) is 1.82. The zero-order valence-electron chi connectivity index (χ0n) is 16.0. The van der Waals surface area contributed by atoms with E-state index in [1.807, 2.05) is 20.9 Å². The normalized spacial score (nSPS) is 16.9. The smallest absolute Gasteiger partial charge is 0.251 e. The van der Waals surface area contributed by atoms with Crippen LogP contribution in [0.25, 0.3) is 0 Å². The third-order valence-electron chi connectivity index (χ3n) is 5.20. The van der Waals surface area contributed by atoms with Gasteiger partial charge in [-0.2, -0.15) is 0 Å². The van der Waals surface area contributed by atoms with E-state index in [1.54, 1.807) is 29.2 Å². The van der Waals surface area contributed by atoms with Gasteiger partial charge in [0.25, 0.3) is 5.91 Å². The number of benzene rings is 1. The Kier molecular flexibility index (Phi) is 7.91. The van der Waals surface area contributed by atoms with Crippen molar-refractivity contribution in [3.05, 3.63) is 34.9 Å². The first-order valence-electron chi connectivity index (χ1n) is 9.46. The number of amides is 2. The van der Waals surface area contributed by atoms with Gasteiger partial charge >= 0.3 is 0 Å². The molecule has 0 saturated carbocycles. The second-order valence-corrected chi connectivity index (χ2v) is 7.59. The van der Waals surface area contributed by atoms with Crippen LogP contribution in [0.4, 0.5) is 0 Å². The van der Waals surface area contributed by atoms with Crippen LogP contribution in [0.15, 0.2) is 24.3 Å². The molecule has 2 rings (SSSR count). The Morgan fingerprint density at radius 1 is 1.23 bits per heavy atom. The van der Waals surface area contributed by atoms with E-state index in [4.69, 9.17) is 11.6 Å². The molecule has 144 valence electrons. The lowest BCUT2D eigenvalue weighted by Crippen LogP contribution is -2.51. The van der Waals surface area contributed by atoms with E-state index in [-0.39, 0.29) is 17.7 Å². The highest BCUT2D eigenvalue weighted by Crippen LogP contribution is 2.14. The number of nitrogens with zero attached hydrogens (tertiary/aromatic N) is 2. The molecule has 0 bridgehead atoms. The van der Waals surface area contributed by atoms with Crippen molar-refractivity contribution in [1.29, 1.82) is 0 Å². The maximum atomic E-state index is 12.9. The van der Waals surface area contributed by atoms with Gasteiger partial charge in [0.05, 0.1) is 0 Å². The van der Waals surface area contributed by atoms with E-state index in [0.717, 1.165) is 26.1 Å². The van der Waals surface area contributed by atoms with Crippen molar-refractivity contribution in [1.82, 2.24) is 15.1 Å². The fraction of sp³-hybridized carbons (Fsp3) is 0.600. The van der Waals surface area contributed by atoms with Crippen LogP contribution in [-0.2, 0) is 4.79 Å². The number of rotatable bonds is 8. The molecule has 1 aliphatic rings. The Labute approximate surface area is 161 Å². The Balaban J connectivity index is 1.99. The Bertz CT molecular complexity index is 600. The second-order valence-electron chi connectivity index (χ2n) is 7.15. The lowest BCUT2D eigenvalue weighted by Gasteiger charge is -2.29. The largest absolute Gasteiger partial charge is 0.343 e. The van der Waals surface area contributed by atoms with Crippen LogP contribution in [0.5, 0.6) is 0 Å². The summed E-state index contributed by atoms with van der Waals surface area (Å²) in [5.74, 6) is -0.206. The van der Waals surface area contributed by atoms with Crippen LogP contribution >= 0.6 is 11.6 Å². The van der Waals surface area contributed by atoms with Crippen molar-refractivity contribution in [2.45, 2.75) is 39.2 Å². The van der Waals surface area contributed by atoms with E-state index >= 15 is 0 Å². The molecule has 26 heavy (non-hydrogen) atoms. The van der Waals surface area contributed by atoms with E-state index < -0.39 is 6.04 Å². The van der Waals surface area contributed by atoms with Gasteiger partial charge < -0.3 is 15.1 Å². The maximum absolute atomic E-state index is 12.9. The van der Waals surface area contributed by atoms with Crippen molar-refractivity contribution in [2.75, 3.05) is 33.2 Å². The molecule has 0 spiro atoms. The van der Waals surface area contributed by atoms with Gasteiger partial charge in [0.2, 0.25) is 5.91 Å². The molecule has 1 aromatic carbocycles. The number of carbonyl (C=O) groups excluding carboxylic acids is 2. The van der Waals surface area contributed by atoms with Crippen molar-refractivity contribution in [3.8, 4) is 0 Å². The molecule has 1 heterocycles. The van der Waals surface area contributed by atoms with Gasteiger partial charge in [-0.25, -0.2) is 0 Å². The second kappa shape index (κ2) is 9.93. The van der Waals surface area contributed by atoms with Crippen LogP contribution < -0.4 is 5.32 Å². The number of hydrogen-bond acceptors (Lipinski definition) is 3. The molecular weight excluding hydrogens is 350 g/mol. The highest BCUT2D eigenvalue weighted by molar-refractivity contribution is 6.30. The average Bonchev–Trinajstić information content (AvgIpc) is 3.17. The number of likely N-dealkylation sites (N-methyl/N-ethyl adjacent to an activating group) is 1. The van der Waals surface area contributed by atoms with Crippen molar-refractivity contribution < 1.29 is 9.59 Å². The summed E-state index contributed by atoms with van der Waals surface area (Å²) in [5, 5.41) is 3.51. The number of hydrogen-bond donors (Lipinski definition) is 1. The molecule has 0 radical (unpaired) electrons. The topological polar surface area (TPSA) is 52.7 Å². The molecule has 1 aromatic rings. The van der Waals surface area contributed by atoms with Gasteiger partial charge in [-0.3, -0.25) is 9.59 Å². The molecule has 1 fully saturated rings. The van der Waals surface area contributed by atoms with Gasteiger partial charge in [0, 0.05) is 30.7 Å². The summed E-state index contributed by atoms with van der Waals surface area (Å²) in [6, 6.07) is 6.18. The standard InChI is InChI=1S/C20H30ClN3O2/c1-4-15(2)18(22-19(25)16-7-9-17(21)10-8-16)20(26)23(3)13-14-24-11-5-6-12-24/h7-10,15,18H,4-6,11-14H2,1-3H3,(H,22,25). The molecule has 1 saturated heterocycles. The van der Waals surface area contributed by atoms with Crippen LogP contribution in [0.2, 0.25) is 5.02 Å². The summed E-state index contributed by atoms with van der Waals surface area (Å²) in [6.45, 7) is 7.83. The van der Waals surface area contributed by atoms with Crippen molar-refractivity contribution >= 4 is 23.4 Å². The Morgan fingerprint density at radius 3 is 2.42 bits per heavy atom. The predicted octanol–water partition coefficient (Wildman–Crippen LogP) is 3.04. The molecule has 0 aliphatic carbocycles. The summed E-state index contributed by atoms with van der Waals surface area (Å²) in [5.41, 5.74) is 0.509. The zero-order chi connectivity index (χ0) is 19.1. The minimum Gasteiger partial charge on any atom is -0.343 e. The minimum absolute atomic E-state index is 0.0270. The first kappa shape index (κ1) is 20.7. The monoisotopic (exact) mass is 379 g/mol. The lowest BCUT2D eigenvalue weighted by atomic mass is 9.97. The maximum Gasteiger partial charge on any atom is 0.251 e. The molecule has 2 atom stereocenters. The van der Waals surface area contributed by atoms with Crippen LogP contribution in [0, 0.1) is 5.92 Å². The van der Waals surface area contributed by atoms with Crippen LogP contribution in [-0.4, -0.2) is 60.9 Å². The lowest BCUT2D eigenvalue weighted by molar-refractivity contribution is -0.133. The molecule has 1 N–H and O–H groups in total. The number of carbonyl (C=O) groups is 2. The third-order valence-corrected chi connectivity index (χ3v) is 5.45. The minimum atomic E-state index is -0.522. The first-order chi connectivity index (χ1) is 12.4. The number of nitrogens with one attached hydrogen (secondary N) is 1. The highest BCUT2D eigenvalue weighted by atomic mass is 35.5. The molecule has 2 amide bonds. The summed E-state index contributed by atoms with van der Waals surface area (Å²) in [6.07, 6.45) is 3.30. The molecule has 6 heteroatoms. The van der Waals surface area contributed by atoms with E-state index in [2.05, 4.69) is 10.2 Å². The zero-order valence-corrected chi connectivity index (χ0v) is 16.8. The van der Waals surface area contributed by atoms with Crippen LogP contribution in [0.1, 0.15) is 43.5 Å². The van der Waals surface area contributed by atoms with Gasteiger partial charge in [0.1, 0.15) is 6.04 Å². The van der Waals surface area contributed by atoms with E-state index in [0.29, 0.717) is 17.1 Å². The van der Waals surface area contributed by atoms with Gasteiger partial charge in [-0.15, -0.1) is 0 Å². The van der Waals surface area contributed by atoms with Crippen molar-refractivity contribution in [2.24, 2.45) is 5.92 Å². The number of likely N-dealkylation sites (tertiary alicyclic amines) is 1. The molecule has 5 nitrogen and oxygen atoms in total. The summed E-state index contributed by atoms with van der Waals surface area (Å²) >= 11 is 5.88. The summed E-state index contributed by atoms with van der Waals surface area (Å²) in [4.78, 5) is 29.6. The van der Waals surface area contributed by atoms with Crippen molar-refractivity contribution in [3.63, 3.8) is 0 Å². The first-order valence-corrected chi connectivity index (χ1v) is 9.84. The summed E-state index contributed by atoms with van der Waals surface area (Å²) < 4.78 is 0. The van der Waals surface area contributed by atoms with Gasteiger partial charge in [-0.05, 0) is 56.1 Å². The molecular formula is C20H30ClN3O2. The number of halogens is 1. The van der Waals surface area contributed by atoms with Gasteiger partial charge in [-0.1, -0.05) is 31.9 Å². The molecule has 2 unspecified atom stereocenters.